The van der Waals surface area contributed by atoms with Crippen LogP contribution in [-0.4, -0.2) is 45.7 Å². The van der Waals surface area contributed by atoms with Gasteiger partial charge in [-0.3, -0.25) is 19.2 Å². The Morgan fingerprint density at radius 1 is 0.524 bits per heavy atom. The average Bonchev–Trinajstić information content (AvgIpc) is 3.79. The number of anilines is 2. The first-order chi connectivity index (χ1) is 20.4. The second kappa shape index (κ2) is 9.14. The van der Waals surface area contributed by atoms with Gasteiger partial charge in [-0.25, -0.2) is 19.8 Å². The van der Waals surface area contributed by atoms with Crippen molar-refractivity contribution >= 4 is 58.2 Å². The number of nitrogens with zero attached hydrogens (tertiary/aromatic N) is 4. The van der Waals surface area contributed by atoms with Gasteiger partial charge in [0.15, 0.2) is 0 Å². The molecule has 10 nitrogen and oxygen atoms in total. The second-order valence-electron chi connectivity index (χ2n) is 10.6. The summed E-state index contributed by atoms with van der Waals surface area (Å²) >= 11 is 12.4. The maximum absolute atomic E-state index is 14.2. The average molecular weight is 603 g/mol. The van der Waals surface area contributed by atoms with Gasteiger partial charge in [0.2, 0.25) is 11.8 Å². The first-order valence-corrected chi connectivity index (χ1v) is 14.0. The highest BCUT2D eigenvalue weighted by molar-refractivity contribution is 6.32. The van der Waals surface area contributed by atoms with Gasteiger partial charge in [0.05, 0.1) is 47.8 Å². The van der Waals surface area contributed by atoms with Crippen LogP contribution >= 0.6 is 23.2 Å². The number of furan rings is 2. The molecule has 0 unspecified atom stereocenters. The largest absolute Gasteiger partial charge is 0.468 e. The van der Waals surface area contributed by atoms with Crippen LogP contribution in [0.5, 0.6) is 0 Å². The zero-order valence-electron chi connectivity index (χ0n) is 21.5. The SMILES string of the molecule is O=C1[C@@H]2[C@@H](C(=O)N1c1cccc(Cl)c1)N1[C@@H](c3ccco3)[C@H]3C(=O)N(c4cccc(Cl)c4)C(=O)[C@@H]3N1[C@H]2c1ccco1. The molecule has 4 aliphatic rings. The summed E-state index contributed by atoms with van der Waals surface area (Å²) < 4.78 is 11.6. The molecule has 6 heterocycles. The van der Waals surface area contributed by atoms with Crippen LogP contribution < -0.4 is 9.80 Å². The molecule has 6 atom stereocenters. The fourth-order valence-corrected chi connectivity index (χ4v) is 7.42. The molecular formula is C30H20Cl2N4O6. The van der Waals surface area contributed by atoms with Gasteiger partial charge in [-0.2, -0.15) is 0 Å². The first kappa shape index (κ1) is 25.5. The van der Waals surface area contributed by atoms with Crippen molar-refractivity contribution in [2.45, 2.75) is 24.2 Å². The second-order valence-corrected chi connectivity index (χ2v) is 11.5. The van der Waals surface area contributed by atoms with Gasteiger partial charge in [0.1, 0.15) is 23.6 Å². The summed E-state index contributed by atoms with van der Waals surface area (Å²) in [6.07, 6.45) is 2.95. The summed E-state index contributed by atoms with van der Waals surface area (Å²) in [7, 11) is 0. The predicted octanol–water partition coefficient (Wildman–Crippen LogP) is 4.62. The molecule has 4 amide bonds. The van der Waals surface area contributed by atoms with Crippen LogP contribution in [0.15, 0.2) is 94.2 Å². The minimum absolute atomic E-state index is 0.338. The van der Waals surface area contributed by atoms with E-state index in [0.717, 1.165) is 9.80 Å². The number of carbonyl (C=O) groups excluding carboxylic acids is 4. The van der Waals surface area contributed by atoms with Crippen molar-refractivity contribution in [3.8, 4) is 0 Å². The zero-order chi connectivity index (χ0) is 28.9. The number of carbonyl (C=O) groups is 4. The van der Waals surface area contributed by atoms with Crippen molar-refractivity contribution in [2.75, 3.05) is 9.80 Å². The highest BCUT2D eigenvalue weighted by Gasteiger charge is 2.74. The number of amides is 4. The molecule has 2 aromatic heterocycles. The van der Waals surface area contributed by atoms with Gasteiger partial charge in [0.25, 0.3) is 11.8 Å². The predicted molar refractivity (Wildman–Crippen MR) is 149 cm³/mol. The van der Waals surface area contributed by atoms with Gasteiger partial charge < -0.3 is 8.83 Å². The van der Waals surface area contributed by atoms with Crippen molar-refractivity contribution in [1.82, 2.24) is 10.0 Å². The van der Waals surface area contributed by atoms with Gasteiger partial charge >= 0.3 is 0 Å². The van der Waals surface area contributed by atoms with Gasteiger partial charge in [0, 0.05) is 10.0 Å². The molecule has 4 saturated heterocycles. The van der Waals surface area contributed by atoms with Crippen LogP contribution in [0.2, 0.25) is 10.0 Å². The third kappa shape index (κ3) is 3.34. The first-order valence-electron chi connectivity index (χ1n) is 13.3. The summed E-state index contributed by atoms with van der Waals surface area (Å²) in [4.78, 5) is 59.0. The summed E-state index contributed by atoms with van der Waals surface area (Å²) in [6, 6.07) is 16.0. The van der Waals surface area contributed by atoms with Crippen LogP contribution in [0.25, 0.3) is 0 Å². The molecule has 0 bridgehead atoms. The molecule has 0 spiro atoms. The molecule has 4 aliphatic heterocycles. The number of benzene rings is 2. The van der Waals surface area contributed by atoms with Gasteiger partial charge in [-0.15, -0.1) is 0 Å². The minimum Gasteiger partial charge on any atom is -0.468 e. The van der Waals surface area contributed by atoms with Gasteiger partial charge in [-0.05, 0) is 60.7 Å². The Balaban J connectivity index is 1.31. The van der Waals surface area contributed by atoms with E-state index in [0.29, 0.717) is 32.9 Å². The van der Waals surface area contributed by atoms with E-state index in [4.69, 9.17) is 32.0 Å². The van der Waals surface area contributed by atoms with E-state index < -0.39 is 59.6 Å². The smallest absolute Gasteiger partial charge is 0.253 e. The fourth-order valence-electron chi connectivity index (χ4n) is 7.05. The Bertz CT molecular complexity index is 1650. The highest BCUT2D eigenvalue weighted by atomic mass is 35.5. The van der Waals surface area contributed by atoms with Crippen LogP contribution in [-0.2, 0) is 19.2 Å². The molecule has 12 heteroatoms. The Morgan fingerprint density at radius 3 is 1.31 bits per heavy atom. The van der Waals surface area contributed by atoms with Crippen LogP contribution in [0.3, 0.4) is 0 Å². The van der Waals surface area contributed by atoms with Crippen molar-refractivity contribution in [3.63, 3.8) is 0 Å². The highest BCUT2D eigenvalue weighted by Crippen LogP contribution is 2.59. The van der Waals surface area contributed by atoms with Crippen molar-refractivity contribution in [3.05, 3.63) is 107 Å². The molecule has 0 aliphatic carbocycles. The molecule has 0 saturated carbocycles. The van der Waals surface area contributed by atoms with E-state index in [-0.39, 0.29) is 0 Å². The third-order valence-corrected chi connectivity index (χ3v) is 9.00. The number of hydrogen-bond acceptors (Lipinski definition) is 8. The molecule has 4 aromatic rings. The lowest BCUT2D eigenvalue weighted by atomic mass is 9.87. The third-order valence-electron chi connectivity index (χ3n) is 8.53. The quantitative estimate of drug-likeness (QED) is 0.311. The molecule has 42 heavy (non-hydrogen) atoms. The fraction of sp³-hybridized carbons (Fsp3) is 0.200. The Labute approximate surface area is 248 Å². The van der Waals surface area contributed by atoms with E-state index in [1.807, 2.05) is 0 Å². The molecule has 0 radical (unpaired) electrons. The molecule has 210 valence electrons. The standard InChI is InChI=1S/C30H20Cl2N4O6/c31-15-5-1-7-17(13-15)33-27(37)21-23(19-9-3-11-41-19)36-26-22(24(20-10-4-12-42-20)35(36)25(21)29(33)39)28(38)34(30(26)40)18-8-2-6-16(32)14-18/h1-14,21-26H/t21-,22+,23-,24-,25-,26+/m0/s1. The number of hydrogen-bond donors (Lipinski definition) is 0. The zero-order valence-corrected chi connectivity index (χ0v) is 23.1. The van der Waals surface area contributed by atoms with E-state index in [2.05, 4.69) is 0 Å². The normalized spacial score (nSPS) is 29.1. The minimum atomic E-state index is -1.03. The van der Waals surface area contributed by atoms with Crippen LogP contribution in [0, 0.1) is 11.8 Å². The number of rotatable bonds is 4. The van der Waals surface area contributed by atoms with E-state index in [9.17, 15) is 19.2 Å². The number of fused-ring (bicyclic) bond motifs is 5. The maximum Gasteiger partial charge on any atom is 0.253 e. The van der Waals surface area contributed by atoms with Gasteiger partial charge in [-0.1, -0.05) is 35.3 Å². The van der Waals surface area contributed by atoms with E-state index in [1.165, 1.54) is 12.5 Å². The Kier molecular flexibility index (Phi) is 5.55. The summed E-state index contributed by atoms with van der Waals surface area (Å²) in [5, 5.41) is 4.13. The lowest BCUT2D eigenvalue weighted by Gasteiger charge is -2.34. The number of halogens is 2. The van der Waals surface area contributed by atoms with E-state index >= 15 is 0 Å². The van der Waals surface area contributed by atoms with Crippen LogP contribution in [0.1, 0.15) is 23.6 Å². The van der Waals surface area contributed by atoms with Crippen LogP contribution in [0.4, 0.5) is 11.4 Å². The molecule has 0 N–H and O–H groups in total. The monoisotopic (exact) mass is 602 g/mol. The lowest BCUT2D eigenvalue weighted by Crippen LogP contribution is -2.50. The number of imide groups is 2. The number of hydrazine groups is 1. The summed E-state index contributed by atoms with van der Waals surface area (Å²) in [5.74, 6) is -3.00. The lowest BCUT2D eigenvalue weighted by molar-refractivity contribution is -0.136. The topological polar surface area (TPSA) is 108 Å². The maximum atomic E-state index is 14.2. The van der Waals surface area contributed by atoms with Crippen molar-refractivity contribution in [2.24, 2.45) is 11.8 Å². The van der Waals surface area contributed by atoms with Crippen molar-refractivity contribution in [1.29, 1.82) is 0 Å². The Hall–Kier alpha value is -4.22. The van der Waals surface area contributed by atoms with E-state index in [1.54, 1.807) is 82.8 Å². The summed E-state index contributed by atoms with van der Waals surface area (Å²) in [5.41, 5.74) is 0.676. The van der Waals surface area contributed by atoms with Crippen molar-refractivity contribution < 1.29 is 28.0 Å². The molecule has 8 rings (SSSR count). The molecule has 4 fully saturated rings. The Morgan fingerprint density at radius 2 is 0.952 bits per heavy atom. The molecular weight excluding hydrogens is 583 g/mol. The summed E-state index contributed by atoms with van der Waals surface area (Å²) in [6.45, 7) is 0. The molecule has 2 aromatic carbocycles.